The lowest BCUT2D eigenvalue weighted by Crippen LogP contribution is -2.34. The highest BCUT2D eigenvalue weighted by Crippen LogP contribution is 2.32. The summed E-state index contributed by atoms with van der Waals surface area (Å²) in [6.07, 6.45) is 0. The largest absolute Gasteiger partial charge is 0.486 e. The van der Waals surface area contributed by atoms with Crippen LogP contribution in [0.15, 0.2) is 47.8 Å². The van der Waals surface area contributed by atoms with Crippen LogP contribution in [0, 0.1) is 0 Å². The van der Waals surface area contributed by atoms with Crippen LogP contribution in [-0.2, 0) is 16.1 Å². The van der Waals surface area contributed by atoms with E-state index in [1.54, 1.807) is 36.4 Å². The van der Waals surface area contributed by atoms with Crippen molar-refractivity contribution in [2.45, 2.75) is 6.54 Å². The summed E-state index contributed by atoms with van der Waals surface area (Å²) < 4.78 is 10.9. The second-order valence-electron chi connectivity index (χ2n) is 6.07. The Labute approximate surface area is 174 Å². The van der Waals surface area contributed by atoms with Gasteiger partial charge >= 0.3 is 11.8 Å². The van der Waals surface area contributed by atoms with Gasteiger partial charge in [-0.1, -0.05) is 6.07 Å². The minimum Gasteiger partial charge on any atom is -0.486 e. The Bertz CT molecular complexity index is 1060. The Morgan fingerprint density at radius 3 is 2.55 bits per heavy atom. The summed E-state index contributed by atoms with van der Waals surface area (Å²) in [6, 6.07) is 12.0. The average molecular weight is 428 g/mol. The van der Waals surface area contributed by atoms with Crippen molar-refractivity contribution in [3.63, 3.8) is 0 Å². The molecule has 148 valence electrons. The number of carbonyl (C=O) groups excluding carboxylic acids is 3. The summed E-state index contributed by atoms with van der Waals surface area (Å²) in [7, 11) is 0. The molecule has 1 aliphatic rings. The molecule has 2 amide bonds. The van der Waals surface area contributed by atoms with Gasteiger partial charge in [-0.05, 0) is 35.7 Å². The molecule has 0 bridgehead atoms. The van der Waals surface area contributed by atoms with Crippen LogP contribution in [0.2, 0.25) is 0 Å². The third kappa shape index (κ3) is 4.47. The van der Waals surface area contributed by atoms with E-state index >= 15 is 0 Å². The van der Waals surface area contributed by atoms with Gasteiger partial charge in [0.05, 0.1) is 16.3 Å². The second-order valence-corrected chi connectivity index (χ2v) is 8.18. The standard InChI is InChI=1S/C20H16N2O5S2/c23-18(16-2-1-9-28-16)17-6-4-13(29-17)11-21-19(24)20(25)22-12-3-5-14-15(10-12)27-8-7-26-14/h1-6,9-10H,7-8,11H2,(H,21,24)(H,22,25). The molecule has 7 nitrogen and oxygen atoms in total. The van der Waals surface area contributed by atoms with Gasteiger partial charge in [-0.25, -0.2) is 0 Å². The molecule has 9 heteroatoms. The number of hydrogen-bond acceptors (Lipinski definition) is 7. The molecule has 0 spiro atoms. The highest BCUT2D eigenvalue weighted by Gasteiger charge is 2.18. The van der Waals surface area contributed by atoms with Crippen molar-refractivity contribution in [2.75, 3.05) is 18.5 Å². The summed E-state index contributed by atoms with van der Waals surface area (Å²) in [5.41, 5.74) is 0.439. The molecular weight excluding hydrogens is 412 g/mol. The Hall–Kier alpha value is -3.17. The number of nitrogens with one attached hydrogen (secondary N) is 2. The zero-order valence-corrected chi connectivity index (χ0v) is 16.7. The van der Waals surface area contributed by atoms with Crippen LogP contribution in [0.25, 0.3) is 0 Å². The maximum Gasteiger partial charge on any atom is 0.313 e. The van der Waals surface area contributed by atoms with Gasteiger partial charge in [0, 0.05) is 16.6 Å². The van der Waals surface area contributed by atoms with Crippen molar-refractivity contribution in [2.24, 2.45) is 0 Å². The lowest BCUT2D eigenvalue weighted by atomic mass is 10.2. The molecule has 0 saturated heterocycles. The van der Waals surface area contributed by atoms with Gasteiger partial charge in [0.2, 0.25) is 5.78 Å². The van der Waals surface area contributed by atoms with E-state index in [2.05, 4.69) is 10.6 Å². The molecule has 0 unspecified atom stereocenters. The topological polar surface area (TPSA) is 93.7 Å². The molecule has 3 aromatic rings. The van der Waals surface area contributed by atoms with Gasteiger partial charge in [-0.2, -0.15) is 0 Å². The first-order valence-corrected chi connectivity index (χ1v) is 10.5. The Morgan fingerprint density at radius 2 is 1.76 bits per heavy atom. The van der Waals surface area contributed by atoms with Crippen LogP contribution in [0.1, 0.15) is 19.4 Å². The number of rotatable bonds is 5. The van der Waals surface area contributed by atoms with E-state index in [1.807, 2.05) is 11.4 Å². The van der Waals surface area contributed by atoms with Crippen molar-refractivity contribution in [1.82, 2.24) is 5.32 Å². The number of carbonyl (C=O) groups is 3. The molecule has 4 rings (SSSR count). The molecule has 0 fully saturated rings. The summed E-state index contributed by atoms with van der Waals surface area (Å²) >= 11 is 2.68. The number of thiophene rings is 2. The molecule has 0 aliphatic carbocycles. The molecule has 3 heterocycles. The highest BCUT2D eigenvalue weighted by molar-refractivity contribution is 7.16. The summed E-state index contributed by atoms with van der Waals surface area (Å²) in [5.74, 6) is -0.466. The van der Waals surface area contributed by atoms with Gasteiger partial charge in [-0.3, -0.25) is 14.4 Å². The fourth-order valence-electron chi connectivity index (χ4n) is 2.68. The number of ketones is 1. The van der Waals surface area contributed by atoms with Crippen LogP contribution in [0.5, 0.6) is 11.5 Å². The van der Waals surface area contributed by atoms with Crippen molar-refractivity contribution in [3.8, 4) is 11.5 Å². The van der Waals surface area contributed by atoms with E-state index in [-0.39, 0.29) is 12.3 Å². The molecule has 2 N–H and O–H groups in total. The van der Waals surface area contributed by atoms with Gasteiger partial charge in [0.1, 0.15) is 13.2 Å². The van der Waals surface area contributed by atoms with Crippen LogP contribution in [0.4, 0.5) is 5.69 Å². The zero-order chi connectivity index (χ0) is 20.2. The third-order valence-corrected chi connectivity index (χ3v) is 6.01. The predicted molar refractivity (Wildman–Crippen MR) is 110 cm³/mol. The van der Waals surface area contributed by atoms with E-state index in [9.17, 15) is 14.4 Å². The Balaban J connectivity index is 1.31. The highest BCUT2D eigenvalue weighted by atomic mass is 32.1. The number of amides is 2. The van der Waals surface area contributed by atoms with E-state index in [1.165, 1.54) is 22.7 Å². The van der Waals surface area contributed by atoms with E-state index < -0.39 is 11.8 Å². The second kappa shape index (κ2) is 8.46. The van der Waals surface area contributed by atoms with Gasteiger partial charge in [0.25, 0.3) is 0 Å². The maximum absolute atomic E-state index is 12.3. The molecule has 2 aromatic heterocycles. The van der Waals surface area contributed by atoms with E-state index in [0.717, 1.165) is 4.88 Å². The third-order valence-electron chi connectivity index (χ3n) is 4.06. The van der Waals surface area contributed by atoms with E-state index in [4.69, 9.17) is 9.47 Å². The fraction of sp³-hybridized carbons (Fsp3) is 0.150. The molecule has 1 aromatic carbocycles. The SMILES string of the molecule is O=C(NCc1ccc(C(=O)c2cccs2)s1)C(=O)Nc1ccc2c(c1)OCCO2. The van der Waals surface area contributed by atoms with Crippen molar-refractivity contribution in [3.05, 3.63) is 62.5 Å². The normalized spacial score (nSPS) is 12.3. The molecular formula is C20H16N2O5S2. The smallest absolute Gasteiger partial charge is 0.313 e. The Morgan fingerprint density at radius 1 is 0.931 bits per heavy atom. The van der Waals surface area contributed by atoms with Gasteiger partial charge < -0.3 is 20.1 Å². The number of benzene rings is 1. The molecule has 29 heavy (non-hydrogen) atoms. The maximum atomic E-state index is 12.3. The number of hydrogen-bond donors (Lipinski definition) is 2. The molecule has 1 aliphatic heterocycles. The molecule has 0 saturated carbocycles. The van der Waals surface area contributed by atoms with E-state index in [0.29, 0.717) is 40.2 Å². The van der Waals surface area contributed by atoms with Gasteiger partial charge in [0.15, 0.2) is 11.5 Å². The number of fused-ring (bicyclic) bond motifs is 1. The fourth-order valence-corrected chi connectivity index (χ4v) is 4.32. The molecule has 0 atom stereocenters. The number of anilines is 1. The first kappa shape index (κ1) is 19.2. The van der Waals surface area contributed by atoms with Gasteiger partial charge in [-0.15, -0.1) is 22.7 Å². The first-order valence-electron chi connectivity index (χ1n) is 8.76. The minimum absolute atomic E-state index is 0.0427. The predicted octanol–water partition coefficient (Wildman–Crippen LogP) is 3.07. The average Bonchev–Trinajstić information content (AvgIpc) is 3.43. The first-order chi connectivity index (χ1) is 14.1. The van der Waals surface area contributed by atoms with Crippen molar-refractivity contribution >= 4 is 46.0 Å². The van der Waals surface area contributed by atoms with Crippen LogP contribution in [-0.4, -0.2) is 30.8 Å². The summed E-state index contributed by atoms with van der Waals surface area (Å²) in [6.45, 7) is 1.07. The Kier molecular flexibility index (Phi) is 5.59. The molecule has 0 radical (unpaired) electrons. The van der Waals surface area contributed by atoms with Crippen molar-refractivity contribution < 1.29 is 23.9 Å². The lowest BCUT2D eigenvalue weighted by Gasteiger charge is -2.18. The van der Waals surface area contributed by atoms with Crippen molar-refractivity contribution in [1.29, 1.82) is 0 Å². The number of ether oxygens (including phenoxy) is 2. The summed E-state index contributed by atoms with van der Waals surface area (Å²) in [4.78, 5) is 38.6. The van der Waals surface area contributed by atoms with Crippen LogP contribution in [0.3, 0.4) is 0 Å². The zero-order valence-electron chi connectivity index (χ0n) is 15.1. The minimum atomic E-state index is -0.784. The van der Waals surface area contributed by atoms with Crippen LogP contribution >= 0.6 is 22.7 Å². The van der Waals surface area contributed by atoms with Crippen LogP contribution < -0.4 is 20.1 Å². The lowest BCUT2D eigenvalue weighted by molar-refractivity contribution is -0.136. The monoisotopic (exact) mass is 428 g/mol. The quantitative estimate of drug-likeness (QED) is 0.481. The summed E-state index contributed by atoms with van der Waals surface area (Å²) in [5, 5.41) is 6.95.